The zero-order valence-electron chi connectivity index (χ0n) is 11.6. The lowest BCUT2D eigenvalue weighted by molar-refractivity contribution is 0.185. The van der Waals surface area contributed by atoms with Gasteiger partial charge in [-0.25, -0.2) is 0 Å². The van der Waals surface area contributed by atoms with Gasteiger partial charge in [0, 0.05) is 11.6 Å². The maximum Gasteiger partial charge on any atom is 0.122 e. The van der Waals surface area contributed by atoms with Crippen LogP contribution in [-0.4, -0.2) is 19.2 Å². The van der Waals surface area contributed by atoms with Gasteiger partial charge in [-0.3, -0.25) is 0 Å². The number of benzene rings is 1. The van der Waals surface area contributed by atoms with Crippen molar-refractivity contribution in [1.82, 2.24) is 5.32 Å². The van der Waals surface area contributed by atoms with Crippen LogP contribution in [0.5, 0.6) is 5.75 Å². The maximum atomic E-state index is 6.07. The first-order chi connectivity index (χ1) is 8.67. The largest absolute Gasteiger partial charge is 0.489 e. The Labute approximate surface area is 116 Å². The van der Waals surface area contributed by atoms with Crippen molar-refractivity contribution in [2.45, 2.75) is 46.1 Å². The molecule has 2 nitrogen and oxygen atoms in total. The molecule has 0 aliphatic rings. The molecular formula is C15H24ClNO. The van der Waals surface area contributed by atoms with E-state index in [9.17, 15) is 0 Å². The minimum absolute atomic E-state index is 0.237. The standard InChI is InChI=1S/C15H24ClNO/c1-4-6-14(11-17-9-5-2)18-15-8-7-13(16)10-12(15)3/h7-8,10,14,17H,4-6,9,11H2,1-3H3. The topological polar surface area (TPSA) is 21.3 Å². The molecule has 0 saturated carbocycles. The van der Waals surface area contributed by atoms with E-state index < -0.39 is 0 Å². The molecule has 1 N–H and O–H groups in total. The summed E-state index contributed by atoms with van der Waals surface area (Å²) in [4.78, 5) is 0. The normalized spacial score (nSPS) is 12.4. The van der Waals surface area contributed by atoms with Crippen LogP contribution in [0, 0.1) is 6.92 Å². The smallest absolute Gasteiger partial charge is 0.122 e. The number of rotatable bonds is 8. The van der Waals surface area contributed by atoms with E-state index >= 15 is 0 Å². The average molecular weight is 270 g/mol. The van der Waals surface area contributed by atoms with Crippen LogP contribution in [-0.2, 0) is 0 Å². The highest BCUT2D eigenvalue weighted by molar-refractivity contribution is 6.30. The van der Waals surface area contributed by atoms with E-state index in [1.165, 1.54) is 0 Å². The average Bonchev–Trinajstić information content (AvgIpc) is 2.33. The van der Waals surface area contributed by atoms with Crippen LogP contribution in [0.4, 0.5) is 0 Å². The second kappa shape index (κ2) is 8.39. The van der Waals surface area contributed by atoms with Crippen molar-refractivity contribution in [3.8, 4) is 5.75 Å². The van der Waals surface area contributed by atoms with E-state index in [4.69, 9.17) is 16.3 Å². The molecule has 102 valence electrons. The first-order valence-corrected chi connectivity index (χ1v) is 7.18. The molecule has 0 radical (unpaired) electrons. The Kier molecular flexibility index (Phi) is 7.14. The lowest BCUT2D eigenvalue weighted by Crippen LogP contribution is -2.32. The van der Waals surface area contributed by atoms with Crippen molar-refractivity contribution in [2.24, 2.45) is 0 Å². The number of hydrogen-bond acceptors (Lipinski definition) is 2. The highest BCUT2D eigenvalue weighted by Gasteiger charge is 2.10. The fourth-order valence-corrected chi connectivity index (χ4v) is 2.12. The van der Waals surface area contributed by atoms with Crippen LogP contribution in [0.1, 0.15) is 38.7 Å². The monoisotopic (exact) mass is 269 g/mol. The number of aryl methyl sites for hydroxylation is 1. The van der Waals surface area contributed by atoms with E-state index in [0.717, 1.165) is 48.7 Å². The molecule has 0 spiro atoms. The molecule has 0 bridgehead atoms. The zero-order valence-corrected chi connectivity index (χ0v) is 12.4. The summed E-state index contributed by atoms with van der Waals surface area (Å²) in [6.45, 7) is 8.34. The van der Waals surface area contributed by atoms with Gasteiger partial charge < -0.3 is 10.1 Å². The minimum Gasteiger partial charge on any atom is -0.489 e. The molecule has 0 amide bonds. The highest BCUT2D eigenvalue weighted by Crippen LogP contribution is 2.23. The van der Waals surface area contributed by atoms with E-state index in [0.29, 0.717) is 0 Å². The molecule has 3 heteroatoms. The van der Waals surface area contributed by atoms with Gasteiger partial charge in [0.25, 0.3) is 0 Å². The molecule has 1 atom stereocenters. The van der Waals surface area contributed by atoms with E-state index in [2.05, 4.69) is 19.2 Å². The van der Waals surface area contributed by atoms with Crippen LogP contribution in [0.25, 0.3) is 0 Å². The van der Waals surface area contributed by atoms with Crippen molar-refractivity contribution in [3.05, 3.63) is 28.8 Å². The van der Waals surface area contributed by atoms with Gasteiger partial charge in [-0.05, 0) is 50.1 Å². The number of halogens is 1. The Bertz CT molecular complexity index is 354. The van der Waals surface area contributed by atoms with Gasteiger partial charge in [0.2, 0.25) is 0 Å². The molecule has 1 aromatic rings. The zero-order chi connectivity index (χ0) is 13.4. The van der Waals surface area contributed by atoms with Gasteiger partial charge in [-0.15, -0.1) is 0 Å². The molecule has 0 aromatic heterocycles. The van der Waals surface area contributed by atoms with Crippen molar-refractivity contribution in [2.75, 3.05) is 13.1 Å². The van der Waals surface area contributed by atoms with Crippen LogP contribution in [0.2, 0.25) is 5.02 Å². The van der Waals surface area contributed by atoms with Crippen molar-refractivity contribution >= 4 is 11.6 Å². The van der Waals surface area contributed by atoms with Crippen LogP contribution >= 0.6 is 11.6 Å². The van der Waals surface area contributed by atoms with Crippen LogP contribution in [0.15, 0.2) is 18.2 Å². The summed E-state index contributed by atoms with van der Waals surface area (Å²) in [5.41, 5.74) is 1.10. The fraction of sp³-hybridized carbons (Fsp3) is 0.600. The van der Waals surface area contributed by atoms with Gasteiger partial charge in [0.1, 0.15) is 11.9 Å². The predicted molar refractivity (Wildman–Crippen MR) is 78.7 cm³/mol. The predicted octanol–water partition coefficient (Wildman–Crippen LogP) is 4.20. The Morgan fingerprint density at radius 3 is 2.67 bits per heavy atom. The van der Waals surface area contributed by atoms with Gasteiger partial charge in [0.05, 0.1) is 0 Å². The first-order valence-electron chi connectivity index (χ1n) is 6.80. The Balaban J connectivity index is 2.58. The molecule has 0 aliphatic carbocycles. The Morgan fingerprint density at radius 1 is 1.28 bits per heavy atom. The SMILES string of the molecule is CCCNCC(CCC)Oc1ccc(Cl)cc1C. The second-order valence-electron chi connectivity index (χ2n) is 4.64. The van der Waals surface area contributed by atoms with E-state index in [1.807, 2.05) is 25.1 Å². The van der Waals surface area contributed by atoms with Crippen molar-refractivity contribution in [1.29, 1.82) is 0 Å². The Hall–Kier alpha value is -0.730. The quantitative estimate of drug-likeness (QED) is 0.715. The van der Waals surface area contributed by atoms with Crippen molar-refractivity contribution in [3.63, 3.8) is 0 Å². The second-order valence-corrected chi connectivity index (χ2v) is 5.08. The van der Waals surface area contributed by atoms with E-state index in [-0.39, 0.29) is 6.10 Å². The first kappa shape index (κ1) is 15.3. The Morgan fingerprint density at radius 2 is 2.06 bits per heavy atom. The van der Waals surface area contributed by atoms with Gasteiger partial charge >= 0.3 is 0 Å². The molecule has 0 aliphatic heterocycles. The molecule has 1 unspecified atom stereocenters. The molecule has 1 aromatic carbocycles. The summed E-state index contributed by atoms with van der Waals surface area (Å²) in [5, 5.41) is 4.18. The summed E-state index contributed by atoms with van der Waals surface area (Å²) in [6.07, 6.45) is 3.59. The summed E-state index contributed by atoms with van der Waals surface area (Å²) < 4.78 is 6.07. The molecule has 0 fully saturated rings. The third-order valence-corrected chi connectivity index (χ3v) is 3.08. The third-order valence-electron chi connectivity index (χ3n) is 2.84. The van der Waals surface area contributed by atoms with Crippen molar-refractivity contribution < 1.29 is 4.74 Å². The summed E-state index contributed by atoms with van der Waals surface area (Å²) in [5.74, 6) is 0.941. The summed E-state index contributed by atoms with van der Waals surface area (Å²) in [6, 6.07) is 5.78. The number of hydrogen-bond donors (Lipinski definition) is 1. The van der Waals surface area contributed by atoms with E-state index in [1.54, 1.807) is 0 Å². The van der Waals surface area contributed by atoms with Gasteiger partial charge in [0.15, 0.2) is 0 Å². The van der Waals surface area contributed by atoms with Crippen LogP contribution in [0.3, 0.4) is 0 Å². The lowest BCUT2D eigenvalue weighted by atomic mass is 10.2. The molecular weight excluding hydrogens is 246 g/mol. The third kappa shape index (κ3) is 5.28. The van der Waals surface area contributed by atoms with Gasteiger partial charge in [-0.2, -0.15) is 0 Å². The fourth-order valence-electron chi connectivity index (χ4n) is 1.89. The molecule has 18 heavy (non-hydrogen) atoms. The number of ether oxygens (including phenoxy) is 1. The van der Waals surface area contributed by atoms with Crippen LogP contribution < -0.4 is 10.1 Å². The lowest BCUT2D eigenvalue weighted by Gasteiger charge is -2.20. The molecule has 0 saturated heterocycles. The van der Waals surface area contributed by atoms with Gasteiger partial charge in [-0.1, -0.05) is 31.9 Å². The summed E-state index contributed by atoms with van der Waals surface area (Å²) >= 11 is 5.95. The maximum absolute atomic E-state index is 6.07. The highest BCUT2D eigenvalue weighted by atomic mass is 35.5. The summed E-state index contributed by atoms with van der Waals surface area (Å²) in [7, 11) is 0. The molecule has 1 rings (SSSR count). The number of nitrogens with one attached hydrogen (secondary N) is 1. The molecule has 0 heterocycles. The minimum atomic E-state index is 0.237.